The average molecular weight is 420 g/mol. The number of hydrazone groups is 1. The largest absolute Gasteiger partial charge is 0.493 e. The maximum Gasteiger partial charge on any atom is 0.332 e. The number of ether oxygens (including phenoxy) is 1. The summed E-state index contributed by atoms with van der Waals surface area (Å²) in [5.41, 5.74) is 14.4. The number of amides is 2. The molecule has 0 spiro atoms. The number of methoxy groups -OCH3 is 1. The summed E-state index contributed by atoms with van der Waals surface area (Å²) in [6.45, 7) is 8.80. The van der Waals surface area contributed by atoms with Crippen LogP contribution in [0.4, 0.5) is 4.79 Å². The van der Waals surface area contributed by atoms with Crippen molar-refractivity contribution >= 4 is 22.7 Å². The first-order valence-corrected chi connectivity index (χ1v) is 10.5. The number of para-hydroxylation sites is 1. The third-order valence-corrected chi connectivity index (χ3v) is 6.33. The Morgan fingerprint density at radius 1 is 1.19 bits per heavy atom. The van der Waals surface area contributed by atoms with E-state index in [1.807, 2.05) is 24.3 Å². The smallest absolute Gasteiger partial charge is 0.332 e. The fourth-order valence-electron chi connectivity index (χ4n) is 5.34. The van der Waals surface area contributed by atoms with Crippen LogP contribution < -0.4 is 15.9 Å². The first-order chi connectivity index (χ1) is 14.7. The van der Waals surface area contributed by atoms with Crippen LogP contribution in [0.25, 0.3) is 11.0 Å². The molecule has 6 heteroatoms. The van der Waals surface area contributed by atoms with Crippen LogP contribution in [0.2, 0.25) is 0 Å². The third-order valence-electron chi connectivity index (χ3n) is 6.33. The number of primary amides is 1. The number of carbonyl (C=O) groups is 1. The van der Waals surface area contributed by atoms with Crippen LogP contribution in [0.3, 0.4) is 0 Å². The first kappa shape index (κ1) is 21.0. The molecule has 1 aliphatic carbocycles. The van der Waals surface area contributed by atoms with E-state index in [0.717, 1.165) is 18.2 Å². The van der Waals surface area contributed by atoms with Gasteiger partial charge in [0.1, 0.15) is 5.71 Å². The number of furan rings is 1. The van der Waals surface area contributed by atoms with Crippen molar-refractivity contribution in [2.24, 2.45) is 16.8 Å². The lowest BCUT2D eigenvalue weighted by atomic mass is 9.57. The summed E-state index contributed by atoms with van der Waals surface area (Å²) in [4.78, 5) is 11.4. The predicted molar refractivity (Wildman–Crippen MR) is 123 cm³/mol. The van der Waals surface area contributed by atoms with Crippen molar-refractivity contribution in [1.82, 2.24) is 5.43 Å². The van der Waals surface area contributed by atoms with Crippen LogP contribution in [0.1, 0.15) is 47.8 Å². The van der Waals surface area contributed by atoms with Crippen molar-refractivity contribution in [2.45, 2.75) is 46.0 Å². The lowest BCUT2D eigenvalue weighted by Crippen LogP contribution is -2.44. The first-order valence-electron chi connectivity index (χ1n) is 10.5. The summed E-state index contributed by atoms with van der Waals surface area (Å²) < 4.78 is 11.6. The molecular formula is C25H29N3O3. The number of benzene rings is 2. The molecule has 1 saturated carbocycles. The van der Waals surface area contributed by atoms with E-state index in [4.69, 9.17) is 14.9 Å². The SMILES string of the molecule is COc1cccc2cc(/C(=N\NC(N)=O)C3CC(C)(c4c(C)cc(C)cc4C)C3)oc12. The topological polar surface area (TPSA) is 89.9 Å². The number of hydrogen-bond donors (Lipinski definition) is 2. The Hall–Kier alpha value is -3.28. The van der Waals surface area contributed by atoms with Crippen LogP contribution in [-0.4, -0.2) is 18.9 Å². The van der Waals surface area contributed by atoms with Crippen LogP contribution >= 0.6 is 0 Å². The highest BCUT2D eigenvalue weighted by Gasteiger charge is 2.46. The molecule has 1 aromatic heterocycles. The highest BCUT2D eigenvalue weighted by molar-refractivity contribution is 6.04. The van der Waals surface area contributed by atoms with Crippen molar-refractivity contribution in [2.75, 3.05) is 7.11 Å². The Kier molecular flexibility index (Phi) is 5.25. The van der Waals surface area contributed by atoms with E-state index in [2.05, 4.69) is 50.4 Å². The van der Waals surface area contributed by atoms with Gasteiger partial charge in [0.25, 0.3) is 0 Å². The number of hydrogen-bond acceptors (Lipinski definition) is 4. The maximum atomic E-state index is 11.4. The standard InChI is InChI=1S/C25H29N3O3/c1-14-9-15(2)21(16(3)10-14)25(4)12-18(13-25)22(27-28-24(26)29)20-11-17-7-6-8-19(30-5)23(17)31-20/h6-11,18H,12-13H2,1-5H3,(H3,26,28,29)/b27-22-. The molecule has 1 aliphatic rings. The van der Waals surface area contributed by atoms with Crippen LogP contribution in [0.5, 0.6) is 5.75 Å². The Bertz CT molecular complexity index is 1160. The summed E-state index contributed by atoms with van der Waals surface area (Å²) >= 11 is 0. The van der Waals surface area contributed by atoms with E-state index in [1.165, 1.54) is 22.3 Å². The molecule has 31 heavy (non-hydrogen) atoms. The number of nitrogens with zero attached hydrogens (tertiary/aromatic N) is 1. The second kappa shape index (κ2) is 7.76. The Morgan fingerprint density at radius 2 is 1.87 bits per heavy atom. The molecule has 4 rings (SSSR count). The van der Waals surface area contributed by atoms with Gasteiger partial charge in [-0.25, -0.2) is 10.2 Å². The average Bonchev–Trinajstić information content (AvgIpc) is 3.09. The van der Waals surface area contributed by atoms with E-state index in [0.29, 0.717) is 22.8 Å². The van der Waals surface area contributed by atoms with E-state index >= 15 is 0 Å². The number of aryl methyl sites for hydroxylation is 3. The van der Waals surface area contributed by atoms with Crippen LogP contribution in [0, 0.1) is 26.7 Å². The number of carbonyl (C=O) groups excluding carboxylic acids is 1. The highest BCUT2D eigenvalue weighted by Crippen LogP contribution is 2.51. The normalized spacial score (nSPS) is 21.1. The predicted octanol–water partition coefficient (Wildman–Crippen LogP) is 5.11. The van der Waals surface area contributed by atoms with Gasteiger partial charge in [-0.1, -0.05) is 36.8 Å². The van der Waals surface area contributed by atoms with Gasteiger partial charge < -0.3 is 14.9 Å². The quantitative estimate of drug-likeness (QED) is 0.445. The van der Waals surface area contributed by atoms with Gasteiger partial charge in [-0.05, 0) is 67.9 Å². The molecule has 0 saturated heterocycles. The zero-order chi connectivity index (χ0) is 22.3. The fourth-order valence-corrected chi connectivity index (χ4v) is 5.34. The van der Waals surface area contributed by atoms with Crippen molar-refractivity contribution in [1.29, 1.82) is 0 Å². The van der Waals surface area contributed by atoms with E-state index in [1.54, 1.807) is 7.11 Å². The lowest BCUT2D eigenvalue weighted by Gasteiger charge is -2.47. The van der Waals surface area contributed by atoms with Gasteiger partial charge >= 0.3 is 6.03 Å². The minimum atomic E-state index is -0.696. The minimum absolute atomic E-state index is 0.0454. The molecule has 162 valence electrons. The van der Waals surface area contributed by atoms with Gasteiger partial charge in [-0.3, -0.25) is 0 Å². The minimum Gasteiger partial charge on any atom is -0.493 e. The van der Waals surface area contributed by atoms with E-state index in [9.17, 15) is 4.79 Å². The van der Waals surface area contributed by atoms with Crippen molar-refractivity contribution < 1.29 is 13.9 Å². The zero-order valence-corrected chi connectivity index (χ0v) is 18.7. The summed E-state index contributed by atoms with van der Waals surface area (Å²) in [6, 6.07) is 11.5. The lowest BCUT2D eigenvalue weighted by molar-refractivity contribution is 0.214. The van der Waals surface area contributed by atoms with Crippen LogP contribution in [0.15, 0.2) is 45.9 Å². The maximum absolute atomic E-state index is 11.4. The monoisotopic (exact) mass is 419 g/mol. The molecule has 0 radical (unpaired) electrons. The van der Waals surface area contributed by atoms with Crippen LogP contribution in [-0.2, 0) is 5.41 Å². The van der Waals surface area contributed by atoms with Gasteiger partial charge in [0.15, 0.2) is 17.1 Å². The number of urea groups is 1. The molecule has 1 fully saturated rings. The number of nitrogens with one attached hydrogen (secondary N) is 1. The molecular weight excluding hydrogens is 390 g/mol. The molecule has 3 aromatic rings. The molecule has 0 unspecified atom stereocenters. The molecule has 1 heterocycles. The van der Waals surface area contributed by atoms with Crippen molar-refractivity contribution in [3.63, 3.8) is 0 Å². The van der Waals surface area contributed by atoms with Crippen molar-refractivity contribution in [3.8, 4) is 5.75 Å². The molecule has 0 bridgehead atoms. The Labute approximate surface area is 182 Å². The van der Waals surface area contributed by atoms with Gasteiger partial charge in [-0.15, -0.1) is 0 Å². The van der Waals surface area contributed by atoms with Gasteiger partial charge in [-0.2, -0.15) is 5.10 Å². The third kappa shape index (κ3) is 3.78. The van der Waals surface area contributed by atoms with Gasteiger partial charge in [0.2, 0.25) is 0 Å². The molecule has 2 amide bonds. The highest BCUT2D eigenvalue weighted by atomic mass is 16.5. The summed E-state index contributed by atoms with van der Waals surface area (Å²) in [5, 5.41) is 5.27. The molecule has 3 N–H and O–H groups in total. The number of fused-ring (bicyclic) bond motifs is 1. The second-order valence-electron chi connectivity index (χ2n) is 8.90. The van der Waals surface area contributed by atoms with Crippen molar-refractivity contribution in [3.05, 3.63) is 64.4 Å². The van der Waals surface area contributed by atoms with E-state index < -0.39 is 6.03 Å². The summed E-state index contributed by atoms with van der Waals surface area (Å²) in [7, 11) is 1.62. The number of rotatable bonds is 5. The Morgan fingerprint density at radius 3 is 2.48 bits per heavy atom. The second-order valence-corrected chi connectivity index (χ2v) is 8.90. The molecule has 2 aromatic carbocycles. The van der Waals surface area contributed by atoms with Gasteiger partial charge in [0.05, 0.1) is 7.11 Å². The fraction of sp³-hybridized carbons (Fsp3) is 0.360. The molecule has 0 aliphatic heterocycles. The summed E-state index contributed by atoms with van der Waals surface area (Å²) in [6.07, 6.45) is 1.82. The van der Waals surface area contributed by atoms with Gasteiger partial charge in [0, 0.05) is 11.3 Å². The zero-order valence-electron chi connectivity index (χ0n) is 18.7. The molecule has 6 nitrogen and oxygen atoms in total. The Balaban J connectivity index is 1.69. The number of nitrogens with two attached hydrogens (primary N) is 1. The van der Waals surface area contributed by atoms with E-state index in [-0.39, 0.29) is 11.3 Å². The summed E-state index contributed by atoms with van der Waals surface area (Å²) in [5.74, 6) is 1.43. The molecule has 0 atom stereocenters.